The second-order valence-corrected chi connectivity index (χ2v) is 5.57. The lowest BCUT2D eigenvalue weighted by atomic mass is 9.98. The Balaban J connectivity index is 2.00. The molecule has 0 aliphatic rings. The Morgan fingerprint density at radius 1 is 1.35 bits per heavy atom. The van der Waals surface area contributed by atoms with E-state index in [4.69, 9.17) is 0 Å². The first-order chi connectivity index (χ1) is 9.63. The summed E-state index contributed by atoms with van der Waals surface area (Å²) in [5.74, 6) is 0. The van der Waals surface area contributed by atoms with E-state index in [-0.39, 0.29) is 0 Å². The van der Waals surface area contributed by atoms with Crippen LogP contribution in [0.3, 0.4) is 0 Å². The Kier molecular flexibility index (Phi) is 5.15. The first-order valence-electron chi connectivity index (χ1n) is 7.42. The maximum Gasteiger partial charge on any atom is 0.0805 e. The molecule has 0 amide bonds. The number of aliphatic hydroxyl groups excluding tert-OH is 1. The predicted octanol–water partition coefficient (Wildman–Crippen LogP) is 3.03. The van der Waals surface area contributed by atoms with Gasteiger partial charge in [-0.3, -0.25) is 5.10 Å². The van der Waals surface area contributed by atoms with E-state index in [1.165, 1.54) is 12.8 Å². The maximum atomic E-state index is 10.4. The highest BCUT2D eigenvalue weighted by Crippen LogP contribution is 2.26. The summed E-state index contributed by atoms with van der Waals surface area (Å²) < 4.78 is 0. The molecule has 4 heteroatoms. The third-order valence-corrected chi connectivity index (χ3v) is 3.97. The monoisotopic (exact) mass is 275 g/mol. The summed E-state index contributed by atoms with van der Waals surface area (Å²) in [6, 6.07) is 4.00. The van der Waals surface area contributed by atoms with Crippen molar-refractivity contribution in [3.63, 3.8) is 0 Å². The van der Waals surface area contributed by atoms with Crippen molar-refractivity contribution in [1.82, 2.24) is 15.1 Å². The minimum atomic E-state index is -0.404. The summed E-state index contributed by atoms with van der Waals surface area (Å²) in [4.78, 5) is 2.29. The summed E-state index contributed by atoms with van der Waals surface area (Å²) in [5, 5.41) is 18.5. The van der Waals surface area contributed by atoms with E-state index in [9.17, 15) is 5.11 Å². The number of hydrogen-bond donors (Lipinski definition) is 2. The van der Waals surface area contributed by atoms with Gasteiger partial charge in [-0.2, -0.15) is 5.10 Å². The van der Waals surface area contributed by atoms with Gasteiger partial charge in [0.05, 0.1) is 17.8 Å². The Labute approximate surface area is 120 Å². The largest absolute Gasteiger partial charge is 0.388 e. The summed E-state index contributed by atoms with van der Waals surface area (Å²) >= 11 is 0. The van der Waals surface area contributed by atoms with Gasteiger partial charge in [-0.25, -0.2) is 0 Å². The zero-order valence-electron chi connectivity index (χ0n) is 12.7. The molecule has 0 aliphatic carbocycles. The number of rotatable bonds is 7. The molecule has 110 valence electrons. The third-order valence-electron chi connectivity index (χ3n) is 3.97. The highest BCUT2D eigenvalue weighted by Gasteiger charge is 2.13. The average molecular weight is 275 g/mol. The van der Waals surface area contributed by atoms with Gasteiger partial charge >= 0.3 is 0 Å². The average Bonchev–Trinajstić information content (AvgIpc) is 2.92. The molecular weight excluding hydrogens is 250 g/mol. The van der Waals surface area contributed by atoms with Gasteiger partial charge in [-0.15, -0.1) is 0 Å². The minimum absolute atomic E-state index is 0.404. The number of hydrogen-bond acceptors (Lipinski definition) is 3. The minimum Gasteiger partial charge on any atom is -0.388 e. The second kappa shape index (κ2) is 6.86. The molecule has 0 saturated heterocycles. The van der Waals surface area contributed by atoms with Crippen molar-refractivity contribution in [3.05, 3.63) is 29.5 Å². The fourth-order valence-electron chi connectivity index (χ4n) is 2.57. The third kappa shape index (κ3) is 3.38. The predicted molar refractivity (Wildman–Crippen MR) is 82.8 cm³/mol. The quantitative estimate of drug-likeness (QED) is 0.816. The molecule has 0 fully saturated rings. The SMILES string of the molecule is CCCCN(C)CCC(O)c1ccc2[nH]ncc2c1C. The smallest absolute Gasteiger partial charge is 0.0805 e. The molecule has 2 N–H and O–H groups in total. The van der Waals surface area contributed by atoms with E-state index in [0.717, 1.165) is 41.5 Å². The van der Waals surface area contributed by atoms with Crippen LogP contribution < -0.4 is 0 Å². The van der Waals surface area contributed by atoms with Crippen LogP contribution in [0.25, 0.3) is 10.9 Å². The number of H-pyrrole nitrogens is 1. The number of aromatic amines is 1. The van der Waals surface area contributed by atoms with Crippen molar-refractivity contribution in [1.29, 1.82) is 0 Å². The van der Waals surface area contributed by atoms with Crippen LogP contribution in [0.5, 0.6) is 0 Å². The molecule has 0 spiro atoms. The van der Waals surface area contributed by atoms with E-state index < -0.39 is 6.10 Å². The number of nitrogens with zero attached hydrogens (tertiary/aromatic N) is 2. The lowest BCUT2D eigenvalue weighted by Crippen LogP contribution is -2.22. The molecule has 0 saturated carbocycles. The molecule has 1 aromatic carbocycles. The van der Waals surface area contributed by atoms with Crippen LogP contribution in [-0.4, -0.2) is 40.3 Å². The number of unbranched alkanes of at least 4 members (excludes halogenated alkanes) is 1. The molecule has 1 atom stereocenters. The number of fused-ring (bicyclic) bond motifs is 1. The molecule has 4 nitrogen and oxygen atoms in total. The van der Waals surface area contributed by atoms with E-state index in [2.05, 4.69) is 36.0 Å². The van der Waals surface area contributed by atoms with Gasteiger partial charge in [0.1, 0.15) is 0 Å². The Morgan fingerprint density at radius 3 is 2.90 bits per heavy atom. The van der Waals surface area contributed by atoms with E-state index in [0.29, 0.717) is 0 Å². The number of nitrogens with one attached hydrogen (secondary N) is 1. The molecule has 2 aromatic rings. The summed E-state index contributed by atoms with van der Waals surface area (Å²) in [6.45, 7) is 6.27. The standard InChI is InChI=1S/C16H25N3O/c1-4-5-9-19(3)10-8-16(20)13-6-7-15-14(12(13)2)11-17-18-15/h6-7,11,16,20H,4-5,8-10H2,1-3H3,(H,17,18). The molecule has 20 heavy (non-hydrogen) atoms. The molecule has 0 aliphatic heterocycles. The molecular formula is C16H25N3O. The number of aryl methyl sites for hydroxylation is 1. The molecule has 2 rings (SSSR count). The summed E-state index contributed by atoms with van der Waals surface area (Å²) in [6.07, 6.45) is 4.62. The van der Waals surface area contributed by atoms with Crippen LogP contribution in [0, 0.1) is 6.92 Å². The van der Waals surface area contributed by atoms with Gasteiger partial charge < -0.3 is 10.0 Å². The number of aliphatic hydroxyl groups is 1. The molecule has 1 aromatic heterocycles. The van der Waals surface area contributed by atoms with E-state index >= 15 is 0 Å². The second-order valence-electron chi connectivity index (χ2n) is 5.57. The number of benzene rings is 1. The lowest BCUT2D eigenvalue weighted by molar-refractivity contribution is 0.148. The fraction of sp³-hybridized carbons (Fsp3) is 0.562. The Morgan fingerprint density at radius 2 is 2.15 bits per heavy atom. The highest BCUT2D eigenvalue weighted by molar-refractivity contribution is 5.82. The van der Waals surface area contributed by atoms with Gasteiger partial charge in [0.15, 0.2) is 0 Å². The zero-order chi connectivity index (χ0) is 14.5. The van der Waals surface area contributed by atoms with Crippen molar-refractivity contribution in [2.75, 3.05) is 20.1 Å². The lowest BCUT2D eigenvalue weighted by Gasteiger charge is -2.20. The Bertz CT molecular complexity index is 550. The van der Waals surface area contributed by atoms with Crippen LogP contribution in [-0.2, 0) is 0 Å². The van der Waals surface area contributed by atoms with Gasteiger partial charge in [0.2, 0.25) is 0 Å². The normalized spacial score (nSPS) is 13.2. The van der Waals surface area contributed by atoms with E-state index in [1.54, 1.807) is 0 Å². The van der Waals surface area contributed by atoms with E-state index in [1.807, 2.05) is 18.3 Å². The Hall–Kier alpha value is -1.39. The zero-order valence-corrected chi connectivity index (χ0v) is 12.7. The van der Waals surface area contributed by atoms with Gasteiger partial charge in [0.25, 0.3) is 0 Å². The fourth-order valence-corrected chi connectivity index (χ4v) is 2.57. The van der Waals surface area contributed by atoms with Crippen molar-refractivity contribution >= 4 is 10.9 Å². The molecule has 1 unspecified atom stereocenters. The van der Waals surface area contributed by atoms with Gasteiger partial charge in [-0.05, 0) is 50.6 Å². The van der Waals surface area contributed by atoms with Crippen LogP contribution in [0.2, 0.25) is 0 Å². The van der Waals surface area contributed by atoms with Crippen LogP contribution in [0.4, 0.5) is 0 Å². The van der Waals surface area contributed by atoms with Crippen LogP contribution >= 0.6 is 0 Å². The topological polar surface area (TPSA) is 52.1 Å². The maximum absolute atomic E-state index is 10.4. The highest BCUT2D eigenvalue weighted by atomic mass is 16.3. The molecule has 0 bridgehead atoms. The first kappa shape index (κ1) is 15.0. The molecule has 0 radical (unpaired) electrons. The number of aromatic nitrogens is 2. The van der Waals surface area contributed by atoms with Crippen LogP contribution in [0.1, 0.15) is 43.4 Å². The van der Waals surface area contributed by atoms with Gasteiger partial charge in [-0.1, -0.05) is 19.4 Å². The van der Waals surface area contributed by atoms with Crippen molar-refractivity contribution in [2.24, 2.45) is 0 Å². The van der Waals surface area contributed by atoms with Crippen molar-refractivity contribution in [2.45, 2.75) is 39.2 Å². The van der Waals surface area contributed by atoms with Crippen LogP contribution in [0.15, 0.2) is 18.3 Å². The molecule has 1 heterocycles. The van der Waals surface area contributed by atoms with Crippen molar-refractivity contribution < 1.29 is 5.11 Å². The summed E-state index contributed by atoms with van der Waals surface area (Å²) in [5.41, 5.74) is 3.17. The van der Waals surface area contributed by atoms with Crippen molar-refractivity contribution in [3.8, 4) is 0 Å². The summed E-state index contributed by atoms with van der Waals surface area (Å²) in [7, 11) is 2.12. The van der Waals surface area contributed by atoms with Gasteiger partial charge in [0, 0.05) is 11.9 Å². The first-order valence-corrected chi connectivity index (χ1v) is 7.42.